The summed E-state index contributed by atoms with van der Waals surface area (Å²) in [4.78, 5) is 9.04. The number of nitrogens with zero attached hydrogens (tertiary/aromatic N) is 2. The minimum absolute atomic E-state index is 0.804. The van der Waals surface area contributed by atoms with Gasteiger partial charge < -0.3 is 5.32 Å². The molecule has 2 aromatic rings. The van der Waals surface area contributed by atoms with E-state index in [9.17, 15) is 0 Å². The first kappa shape index (κ1) is 14.5. The zero-order valence-electron chi connectivity index (χ0n) is 13.0. The van der Waals surface area contributed by atoms with Gasteiger partial charge in [-0.05, 0) is 56.9 Å². The molecule has 0 saturated heterocycles. The van der Waals surface area contributed by atoms with Crippen LogP contribution in [0.5, 0.6) is 0 Å². The minimum atomic E-state index is 0.804. The molecule has 3 heteroatoms. The van der Waals surface area contributed by atoms with Gasteiger partial charge in [0.1, 0.15) is 11.6 Å². The Kier molecular flexibility index (Phi) is 4.38. The first-order valence-electron chi connectivity index (χ1n) is 7.19. The van der Waals surface area contributed by atoms with Crippen LogP contribution < -0.4 is 5.32 Å². The quantitative estimate of drug-likeness (QED) is 0.904. The molecule has 20 heavy (non-hydrogen) atoms. The Balaban J connectivity index is 2.47. The molecule has 0 atom stereocenters. The van der Waals surface area contributed by atoms with E-state index in [2.05, 4.69) is 55.1 Å². The third-order valence-electron chi connectivity index (χ3n) is 3.51. The molecule has 1 N–H and O–H groups in total. The topological polar surface area (TPSA) is 37.8 Å². The normalized spacial score (nSPS) is 10.7. The first-order valence-corrected chi connectivity index (χ1v) is 7.19. The molecule has 0 saturated carbocycles. The molecule has 0 aliphatic heterocycles. The van der Waals surface area contributed by atoms with Crippen molar-refractivity contribution < 1.29 is 0 Å². The average Bonchev–Trinajstić information content (AvgIpc) is 2.40. The number of hydrogen-bond acceptors (Lipinski definition) is 3. The summed E-state index contributed by atoms with van der Waals surface area (Å²) >= 11 is 0. The molecule has 1 heterocycles. The van der Waals surface area contributed by atoms with E-state index < -0.39 is 0 Å². The lowest BCUT2D eigenvalue weighted by Crippen LogP contribution is -2.04. The van der Waals surface area contributed by atoms with E-state index in [1.165, 1.54) is 22.3 Å². The Bertz CT molecular complexity index is 618. The Morgan fingerprint density at radius 3 is 2.30 bits per heavy atom. The Morgan fingerprint density at radius 2 is 1.60 bits per heavy atom. The number of hydrogen-bond donors (Lipinski definition) is 1. The summed E-state index contributed by atoms with van der Waals surface area (Å²) in [6.45, 7) is 11.4. The predicted octanol–water partition coefficient (Wildman–Crippen LogP) is 4.20. The number of aromatic nitrogens is 2. The first-order chi connectivity index (χ1) is 9.51. The Hall–Kier alpha value is -1.90. The highest BCUT2D eigenvalue weighted by Gasteiger charge is 2.08. The van der Waals surface area contributed by atoms with E-state index in [-0.39, 0.29) is 0 Å². The molecule has 3 nitrogen and oxygen atoms in total. The summed E-state index contributed by atoms with van der Waals surface area (Å²) in [5, 5.41) is 3.34. The van der Waals surface area contributed by atoms with E-state index in [1.807, 2.05) is 13.0 Å². The van der Waals surface area contributed by atoms with Gasteiger partial charge in [-0.2, -0.15) is 0 Å². The van der Waals surface area contributed by atoms with Gasteiger partial charge in [0.15, 0.2) is 0 Å². The van der Waals surface area contributed by atoms with Crippen molar-refractivity contribution in [3.05, 3.63) is 40.7 Å². The standard InChI is InChI=1S/C17H23N3/c1-6-7-18-17-10-16(19-14(5)20-17)15-9-12(3)11(2)8-13(15)4/h8-10H,6-7H2,1-5H3,(H,18,19,20). The van der Waals surface area contributed by atoms with Crippen molar-refractivity contribution in [1.29, 1.82) is 0 Å². The van der Waals surface area contributed by atoms with Crippen molar-refractivity contribution in [1.82, 2.24) is 9.97 Å². The third kappa shape index (κ3) is 3.16. The SMILES string of the molecule is CCCNc1cc(-c2cc(C)c(C)cc2C)nc(C)n1. The molecule has 0 amide bonds. The van der Waals surface area contributed by atoms with Gasteiger partial charge in [-0.3, -0.25) is 0 Å². The molecule has 0 aliphatic carbocycles. The van der Waals surface area contributed by atoms with Crippen LogP contribution in [0.2, 0.25) is 0 Å². The molecule has 1 aromatic carbocycles. The molecule has 0 unspecified atom stereocenters. The lowest BCUT2D eigenvalue weighted by atomic mass is 9.98. The van der Waals surface area contributed by atoms with Gasteiger partial charge in [0.25, 0.3) is 0 Å². The van der Waals surface area contributed by atoms with Crippen molar-refractivity contribution in [3.8, 4) is 11.3 Å². The van der Waals surface area contributed by atoms with Crippen LogP contribution in [0.1, 0.15) is 35.9 Å². The van der Waals surface area contributed by atoms with Crippen molar-refractivity contribution >= 4 is 5.82 Å². The minimum Gasteiger partial charge on any atom is -0.370 e. The number of benzene rings is 1. The van der Waals surface area contributed by atoms with Crippen LogP contribution >= 0.6 is 0 Å². The lowest BCUT2D eigenvalue weighted by Gasteiger charge is -2.12. The fraction of sp³-hybridized carbons (Fsp3) is 0.412. The van der Waals surface area contributed by atoms with Crippen molar-refractivity contribution in [3.63, 3.8) is 0 Å². The molecular formula is C17H23N3. The van der Waals surface area contributed by atoms with E-state index >= 15 is 0 Å². The van der Waals surface area contributed by atoms with Crippen LogP contribution in [-0.4, -0.2) is 16.5 Å². The largest absolute Gasteiger partial charge is 0.370 e. The van der Waals surface area contributed by atoms with Crippen LogP contribution in [0.25, 0.3) is 11.3 Å². The zero-order chi connectivity index (χ0) is 14.7. The third-order valence-corrected chi connectivity index (χ3v) is 3.51. The summed E-state index contributed by atoms with van der Waals surface area (Å²) < 4.78 is 0. The summed E-state index contributed by atoms with van der Waals surface area (Å²) in [6.07, 6.45) is 1.08. The summed E-state index contributed by atoms with van der Waals surface area (Å²) in [6, 6.07) is 6.48. The molecule has 0 aliphatic rings. The highest BCUT2D eigenvalue weighted by molar-refractivity contribution is 5.67. The van der Waals surface area contributed by atoms with Gasteiger partial charge in [0.2, 0.25) is 0 Å². The van der Waals surface area contributed by atoms with Gasteiger partial charge in [-0.25, -0.2) is 9.97 Å². The van der Waals surface area contributed by atoms with Gasteiger partial charge >= 0.3 is 0 Å². The second-order valence-electron chi connectivity index (χ2n) is 5.36. The van der Waals surface area contributed by atoms with Crippen LogP contribution in [0.3, 0.4) is 0 Å². The number of nitrogens with one attached hydrogen (secondary N) is 1. The zero-order valence-corrected chi connectivity index (χ0v) is 13.0. The monoisotopic (exact) mass is 269 g/mol. The van der Waals surface area contributed by atoms with Crippen LogP contribution in [-0.2, 0) is 0 Å². The molecule has 0 fully saturated rings. The van der Waals surface area contributed by atoms with Crippen molar-refractivity contribution in [2.45, 2.75) is 41.0 Å². The summed E-state index contributed by atoms with van der Waals surface area (Å²) in [5.41, 5.74) is 6.06. The maximum absolute atomic E-state index is 4.59. The summed E-state index contributed by atoms with van der Waals surface area (Å²) in [5.74, 6) is 1.71. The van der Waals surface area contributed by atoms with E-state index in [4.69, 9.17) is 0 Å². The van der Waals surface area contributed by atoms with Crippen LogP contribution in [0, 0.1) is 27.7 Å². The van der Waals surface area contributed by atoms with Crippen molar-refractivity contribution in [2.24, 2.45) is 0 Å². The molecule has 0 radical (unpaired) electrons. The highest BCUT2D eigenvalue weighted by atomic mass is 15.0. The molecule has 0 bridgehead atoms. The van der Waals surface area contributed by atoms with Crippen LogP contribution in [0.4, 0.5) is 5.82 Å². The van der Waals surface area contributed by atoms with Gasteiger partial charge in [0.05, 0.1) is 5.69 Å². The second-order valence-corrected chi connectivity index (χ2v) is 5.36. The van der Waals surface area contributed by atoms with E-state index in [0.717, 1.165) is 30.3 Å². The average molecular weight is 269 g/mol. The van der Waals surface area contributed by atoms with Crippen molar-refractivity contribution in [2.75, 3.05) is 11.9 Å². The highest BCUT2D eigenvalue weighted by Crippen LogP contribution is 2.26. The lowest BCUT2D eigenvalue weighted by molar-refractivity contribution is 0.955. The van der Waals surface area contributed by atoms with Crippen LogP contribution in [0.15, 0.2) is 18.2 Å². The second kappa shape index (κ2) is 6.04. The smallest absolute Gasteiger partial charge is 0.130 e. The number of anilines is 1. The maximum atomic E-state index is 4.59. The molecule has 106 valence electrons. The maximum Gasteiger partial charge on any atom is 0.130 e. The molecule has 0 spiro atoms. The Labute approximate surface area is 121 Å². The summed E-state index contributed by atoms with van der Waals surface area (Å²) in [7, 11) is 0. The van der Waals surface area contributed by atoms with E-state index in [1.54, 1.807) is 0 Å². The molecule has 2 rings (SSSR count). The number of rotatable bonds is 4. The van der Waals surface area contributed by atoms with Gasteiger partial charge in [-0.1, -0.05) is 13.0 Å². The fourth-order valence-corrected chi connectivity index (χ4v) is 2.29. The van der Waals surface area contributed by atoms with Gasteiger partial charge in [-0.15, -0.1) is 0 Å². The van der Waals surface area contributed by atoms with Gasteiger partial charge in [0, 0.05) is 18.2 Å². The molecular weight excluding hydrogens is 246 g/mol. The van der Waals surface area contributed by atoms with E-state index in [0.29, 0.717) is 0 Å². The number of aryl methyl sites for hydroxylation is 4. The fourth-order valence-electron chi connectivity index (χ4n) is 2.29. The predicted molar refractivity (Wildman–Crippen MR) is 85.2 cm³/mol. The molecule has 1 aromatic heterocycles. The Morgan fingerprint density at radius 1 is 0.900 bits per heavy atom.